The van der Waals surface area contributed by atoms with Crippen molar-refractivity contribution in [1.29, 1.82) is 0 Å². The standard InChI is InChI=1S/C8H18F2N2/c1-12(2)7-5-8(9,10)4-3-6-11/h3-7,11H2,1-2H3. The molecule has 2 nitrogen and oxygen atoms in total. The SMILES string of the molecule is CN(C)CCC(F)(F)CCCN. The Labute approximate surface area is 72.7 Å². The van der Waals surface area contributed by atoms with Crippen LogP contribution in [0.25, 0.3) is 0 Å². The second kappa shape index (κ2) is 5.43. The summed E-state index contributed by atoms with van der Waals surface area (Å²) in [6.45, 7) is 0.773. The van der Waals surface area contributed by atoms with Crippen molar-refractivity contribution in [3.63, 3.8) is 0 Å². The van der Waals surface area contributed by atoms with Crippen molar-refractivity contribution in [3.8, 4) is 0 Å². The van der Waals surface area contributed by atoms with Gasteiger partial charge in [0.15, 0.2) is 0 Å². The smallest absolute Gasteiger partial charge is 0.249 e. The molecule has 0 atom stereocenters. The van der Waals surface area contributed by atoms with Gasteiger partial charge in [0.2, 0.25) is 5.92 Å². The highest BCUT2D eigenvalue weighted by atomic mass is 19.3. The van der Waals surface area contributed by atoms with Crippen LogP contribution in [-0.2, 0) is 0 Å². The predicted octanol–water partition coefficient (Wildman–Crippen LogP) is 1.31. The number of nitrogens with zero attached hydrogens (tertiary/aromatic N) is 1. The number of halogens is 2. The van der Waals surface area contributed by atoms with E-state index in [0.29, 0.717) is 19.5 Å². The van der Waals surface area contributed by atoms with E-state index in [1.165, 1.54) is 0 Å². The zero-order valence-corrected chi connectivity index (χ0v) is 7.82. The van der Waals surface area contributed by atoms with Crippen LogP contribution in [0.5, 0.6) is 0 Å². The molecule has 2 N–H and O–H groups in total. The Bertz CT molecular complexity index is 116. The third-order valence-electron chi connectivity index (χ3n) is 1.67. The minimum Gasteiger partial charge on any atom is -0.330 e. The molecule has 0 aliphatic heterocycles. The molecule has 0 spiro atoms. The summed E-state index contributed by atoms with van der Waals surface area (Å²) in [6, 6.07) is 0. The van der Waals surface area contributed by atoms with Crippen molar-refractivity contribution in [2.24, 2.45) is 5.73 Å². The van der Waals surface area contributed by atoms with Crippen molar-refractivity contribution < 1.29 is 8.78 Å². The van der Waals surface area contributed by atoms with Gasteiger partial charge in [0.1, 0.15) is 0 Å². The first kappa shape index (κ1) is 11.8. The molecule has 74 valence electrons. The highest BCUT2D eigenvalue weighted by Crippen LogP contribution is 2.23. The molecule has 0 aromatic heterocycles. The molecule has 0 rings (SSSR count). The van der Waals surface area contributed by atoms with Gasteiger partial charge >= 0.3 is 0 Å². The van der Waals surface area contributed by atoms with E-state index in [1.54, 1.807) is 19.0 Å². The molecule has 0 saturated heterocycles. The van der Waals surface area contributed by atoms with Gasteiger partial charge in [-0.1, -0.05) is 0 Å². The summed E-state index contributed by atoms with van der Waals surface area (Å²) < 4.78 is 25.8. The van der Waals surface area contributed by atoms with Gasteiger partial charge in [-0.15, -0.1) is 0 Å². The van der Waals surface area contributed by atoms with Crippen LogP contribution in [0, 0.1) is 0 Å². The molecule has 0 aliphatic rings. The molecule has 0 aromatic rings. The van der Waals surface area contributed by atoms with Gasteiger partial charge in [-0.25, -0.2) is 8.78 Å². The average molecular weight is 180 g/mol. The fourth-order valence-electron chi connectivity index (χ4n) is 0.873. The molecule has 0 bridgehead atoms. The molecule has 0 fully saturated rings. The fourth-order valence-corrected chi connectivity index (χ4v) is 0.873. The summed E-state index contributed by atoms with van der Waals surface area (Å²) in [5, 5.41) is 0. The Morgan fingerprint density at radius 2 is 1.83 bits per heavy atom. The lowest BCUT2D eigenvalue weighted by Crippen LogP contribution is -2.25. The number of hydrogen-bond acceptors (Lipinski definition) is 2. The van der Waals surface area contributed by atoms with Gasteiger partial charge in [-0.3, -0.25) is 0 Å². The zero-order chi connectivity index (χ0) is 9.61. The van der Waals surface area contributed by atoms with Gasteiger partial charge in [-0.05, 0) is 27.1 Å². The van der Waals surface area contributed by atoms with E-state index in [0.717, 1.165) is 0 Å². The van der Waals surface area contributed by atoms with Crippen molar-refractivity contribution >= 4 is 0 Å². The minimum absolute atomic E-state index is 0.0694. The van der Waals surface area contributed by atoms with Crippen LogP contribution in [0.15, 0.2) is 0 Å². The normalized spacial score (nSPS) is 12.5. The number of alkyl halides is 2. The molecule has 0 heterocycles. The lowest BCUT2D eigenvalue weighted by Gasteiger charge is -2.18. The molecule has 0 saturated carbocycles. The van der Waals surface area contributed by atoms with E-state index < -0.39 is 5.92 Å². The van der Waals surface area contributed by atoms with Crippen LogP contribution in [0.1, 0.15) is 19.3 Å². The number of hydrogen-bond donors (Lipinski definition) is 1. The van der Waals surface area contributed by atoms with E-state index in [2.05, 4.69) is 0 Å². The molecule has 12 heavy (non-hydrogen) atoms. The van der Waals surface area contributed by atoms with Crippen LogP contribution in [-0.4, -0.2) is 38.0 Å². The van der Waals surface area contributed by atoms with Gasteiger partial charge in [0.25, 0.3) is 0 Å². The number of rotatable bonds is 6. The van der Waals surface area contributed by atoms with Crippen molar-refractivity contribution in [2.75, 3.05) is 27.2 Å². The van der Waals surface area contributed by atoms with Crippen molar-refractivity contribution in [2.45, 2.75) is 25.2 Å². The molecule has 0 radical (unpaired) electrons. The first-order chi connectivity index (χ1) is 5.48. The Kier molecular flexibility index (Phi) is 5.33. The average Bonchev–Trinajstić information content (AvgIpc) is 1.98. The second-order valence-corrected chi connectivity index (χ2v) is 3.30. The highest BCUT2D eigenvalue weighted by molar-refractivity contribution is 4.67. The molecule has 0 unspecified atom stereocenters. The fraction of sp³-hybridized carbons (Fsp3) is 1.00. The maximum absolute atomic E-state index is 12.9. The zero-order valence-electron chi connectivity index (χ0n) is 7.82. The van der Waals surface area contributed by atoms with Gasteiger partial charge in [0, 0.05) is 19.4 Å². The molecule has 4 heteroatoms. The van der Waals surface area contributed by atoms with Crippen LogP contribution in [0.2, 0.25) is 0 Å². The summed E-state index contributed by atoms with van der Waals surface area (Å²) in [7, 11) is 3.58. The minimum atomic E-state index is -2.54. The molecule has 0 aliphatic carbocycles. The van der Waals surface area contributed by atoms with E-state index in [-0.39, 0.29) is 12.8 Å². The Hall–Kier alpha value is -0.220. The molecule has 0 amide bonds. The maximum Gasteiger partial charge on any atom is 0.249 e. The number of nitrogens with two attached hydrogens (primary N) is 1. The van der Waals surface area contributed by atoms with Gasteiger partial charge in [0.05, 0.1) is 0 Å². The summed E-state index contributed by atoms with van der Waals surface area (Å²) in [4.78, 5) is 1.76. The van der Waals surface area contributed by atoms with Crippen molar-refractivity contribution in [3.05, 3.63) is 0 Å². The predicted molar refractivity (Wildman–Crippen MR) is 46.4 cm³/mol. The largest absolute Gasteiger partial charge is 0.330 e. The maximum atomic E-state index is 12.9. The third kappa shape index (κ3) is 6.49. The Balaban J connectivity index is 3.56. The Morgan fingerprint density at radius 3 is 2.25 bits per heavy atom. The van der Waals surface area contributed by atoms with E-state index in [1.807, 2.05) is 0 Å². The first-order valence-corrected chi connectivity index (χ1v) is 4.20. The van der Waals surface area contributed by atoms with Gasteiger partial charge < -0.3 is 10.6 Å². The topological polar surface area (TPSA) is 29.3 Å². The molecular weight excluding hydrogens is 162 g/mol. The lowest BCUT2D eigenvalue weighted by molar-refractivity contribution is -0.0222. The summed E-state index contributed by atoms with van der Waals surface area (Å²) >= 11 is 0. The second-order valence-electron chi connectivity index (χ2n) is 3.30. The monoisotopic (exact) mass is 180 g/mol. The van der Waals surface area contributed by atoms with Crippen molar-refractivity contribution in [1.82, 2.24) is 4.90 Å². The van der Waals surface area contributed by atoms with E-state index in [4.69, 9.17) is 5.73 Å². The van der Waals surface area contributed by atoms with Crippen LogP contribution in [0.4, 0.5) is 8.78 Å². The van der Waals surface area contributed by atoms with Crippen LogP contribution < -0.4 is 5.73 Å². The highest BCUT2D eigenvalue weighted by Gasteiger charge is 2.27. The van der Waals surface area contributed by atoms with Crippen LogP contribution in [0.3, 0.4) is 0 Å². The first-order valence-electron chi connectivity index (χ1n) is 4.20. The quantitative estimate of drug-likeness (QED) is 0.667. The molecular formula is C8H18F2N2. The van der Waals surface area contributed by atoms with Crippen LogP contribution >= 0.6 is 0 Å². The summed E-state index contributed by atoms with van der Waals surface area (Å²) in [6.07, 6.45) is 0.248. The lowest BCUT2D eigenvalue weighted by atomic mass is 10.1. The molecule has 0 aromatic carbocycles. The van der Waals surface area contributed by atoms with Gasteiger partial charge in [-0.2, -0.15) is 0 Å². The summed E-state index contributed by atoms with van der Waals surface area (Å²) in [5.41, 5.74) is 5.15. The summed E-state index contributed by atoms with van der Waals surface area (Å²) in [5.74, 6) is -2.54. The third-order valence-corrected chi connectivity index (χ3v) is 1.67. The Morgan fingerprint density at radius 1 is 1.25 bits per heavy atom. The van der Waals surface area contributed by atoms with E-state index in [9.17, 15) is 8.78 Å². The van der Waals surface area contributed by atoms with E-state index >= 15 is 0 Å².